The number of thiophene rings is 1. The summed E-state index contributed by atoms with van der Waals surface area (Å²) in [5.41, 5.74) is 0. The molecule has 0 amide bonds. The Kier molecular flexibility index (Phi) is 3.75. The molecule has 1 aromatic rings. The summed E-state index contributed by atoms with van der Waals surface area (Å²) in [6, 6.07) is 2.03. The van der Waals surface area contributed by atoms with E-state index in [2.05, 4.69) is 15.9 Å². The second kappa shape index (κ2) is 4.62. The van der Waals surface area contributed by atoms with Gasteiger partial charge in [-0.2, -0.15) is 0 Å². The zero-order valence-corrected chi connectivity index (χ0v) is 8.82. The van der Waals surface area contributed by atoms with E-state index in [1.165, 1.54) is 4.88 Å². The van der Waals surface area contributed by atoms with Crippen molar-refractivity contribution in [2.45, 2.75) is 19.3 Å². The highest BCUT2D eigenvalue weighted by atomic mass is 79.9. The number of aryl methyl sites for hydroxylation is 1. The molecule has 12 heavy (non-hydrogen) atoms. The number of aliphatic carboxylic acids is 1. The average molecular weight is 249 g/mol. The minimum absolute atomic E-state index is 0.259. The van der Waals surface area contributed by atoms with E-state index in [0.29, 0.717) is 0 Å². The van der Waals surface area contributed by atoms with Gasteiger partial charge in [0.2, 0.25) is 0 Å². The average Bonchev–Trinajstić information content (AvgIpc) is 2.35. The normalized spacial score (nSPS) is 10.1. The number of carboxylic acids is 1. The van der Waals surface area contributed by atoms with E-state index in [9.17, 15) is 4.79 Å². The van der Waals surface area contributed by atoms with Crippen molar-refractivity contribution in [2.75, 3.05) is 0 Å². The largest absolute Gasteiger partial charge is 0.481 e. The lowest BCUT2D eigenvalue weighted by Gasteiger charge is -1.92. The summed E-state index contributed by atoms with van der Waals surface area (Å²) in [4.78, 5) is 11.4. The van der Waals surface area contributed by atoms with Gasteiger partial charge in [-0.1, -0.05) is 0 Å². The van der Waals surface area contributed by atoms with Crippen molar-refractivity contribution in [3.05, 3.63) is 20.8 Å². The number of halogens is 1. The third-order valence-electron chi connectivity index (χ3n) is 1.44. The van der Waals surface area contributed by atoms with Crippen molar-refractivity contribution in [3.63, 3.8) is 0 Å². The van der Waals surface area contributed by atoms with Crippen LogP contribution >= 0.6 is 27.3 Å². The van der Waals surface area contributed by atoms with Gasteiger partial charge in [0.15, 0.2) is 0 Å². The molecule has 1 N–H and O–H groups in total. The van der Waals surface area contributed by atoms with Crippen molar-refractivity contribution in [1.82, 2.24) is 0 Å². The Bertz CT molecular complexity index is 270. The van der Waals surface area contributed by atoms with Gasteiger partial charge in [-0.15, -0.1) is 11.3 Å². The minimum atomic E-state index is -0.717. The quantitative estimate of drug-likeness (QED) is 0.890. The Morgan fingerprint density at radius 3 is 2.92 bits per heavy atom. The fourth-order valence-electron chi connectivity index (χ4n) is 0.899. The molecule has 0 radical (unpaired) electrons. The Morgan fingerprint density at radius 2 is 2.42 bits per heavy atom. The van der Waals surface area contributed by atoms with E-state index in [1.54, 1.807) is 11.3 Å². The highest BCUT2D eigenvalue weighted by molar-refractivity contribution is 9.10. The van der Waals surface area contributed by atoms with Crippen LogP contribution in [0.15, 0.2) is 15.9 Å². The molecule has 0 aliphatic carbocycles. The second-order valence-electron chi connectivity index (χ2n) is 2.48. The summed E-state index contributed by atoms with van der Waals surface area (Å²) in [7, 11) is 0. The van der Waals surface area contributed by atoms with E-state index in [1.807, 2.05) is 11.4 Å². The minimum Gasteiger partial charge on any atom is -0.481 e. The first kappa shape index (κ1) is 9.74. The fraction of sp³-hybridized carbons (Fsp3) is 0.375. The summed E-state index contributed by atoms with van der Waals surface area (Å²) >= 11 is 5.01. The first-order valence-corrected chi connectivity index (χ1v) is 5.30. The first-order chi connectivity index (χ1) is 5.68. The molecule has 1 rings (SSSR count). The van der Waals surface area contributed by atoms with Crippen LogP contribution in [0, 0.1) is 0 Å². The Morgan fingerprint density at radius 1 is 1.67 bits per heavy atom. The summed E-state index contributed by atoms with van der Waals surface area (Å²) < 4.78 is 1.08. The van der Waals surface area contributed by atoms with Gasteiger partial charge in [0.1, 0.15) is 0 Å². The van der Waals surface area contributed by atoms with Crippen molar-refractivity contribution in [3.8, 4) is 0 Å². The highest BCUT2D eigenvalue weighted by Crippen LogP contribution is 2.21. The van der Waals surface area contributed by atoms with Crippen LogP contribution in [0.4, 0.5) is 0 Å². The summed E-state index contributed by atoms with van der Waals surface area (Å²) in [6.45, 7) is 0. The van der Waals surface area contributed by atoms with Crippen molar-refractivity contribution < 1.29 is 9.90 Å². The van der Waals surface area contributed by atoms with Crippen molar-refractivity contribution in [2.24, 2.45) is 0 Å². The molecular weight excluding hydrogens is 240 g/mol. The van der Waals surface area contributed by atoms with Crippen LogP contribution in [-0.4, -0.2) is 11.1 Å². The van der Waals surface area contributed by atoms with Crippen molar-refractivity contribution >= 4 is 33.2 Å². The third-order valence-corrected chi connectivity index (χ3v) is 3.19. The summed E-state index contributed by atoms with van der Waals surface area (Å²) in [6.07, 6.45) is 1.85. The van der Waals surface area contributed by atoms with Gasteiger partial charge in [0.25, 0.3) is 0 Å². The van der Waals surface area contributed by atoms with Gasteiger partial charge < -0.3 is 5.11 Å². The van der Waals surface area contributed by atoms with Gasteiger partial charge in [-0.05, 0) is 34.8 Å². The smallest absolute Gasteiger partial charge is 0.303 e. The van der Waals surface area contributed by atoms with Crippen LogP contribution in [-0.2, 0) is 11.2 Å². The molecule has 4 heteroatoms. The Hall–Kier alpha value is -0.350. The zero-order chi connectivity index (χ0) is 8.97. The molecule has 0 atom stereocenters. The van der Waals surface area contributed by atoms with Crippen LogP contribution in [0.25, 0.3) is 0 Å². The molecule has 0 spiro atoms. The van der Waals surface area contributed by atoms with E-state index in [0.717, 1.165) is 17.3 Å². The molecule has 0 saturated carbocycles. The lowest BCUT2D eigenvalue weighted by atomic mass is 10.2. The molecule has 0 fully saturated rings. The zero-order valence-electron chi connectivity index (χ0n) is 6.42. The molecule has 0 saturated heterocycles. The van der Waals surface area contributed by atoms with Gasteiger partial charge in [-0.3, -0.25) is 4.79 Å². The van der Waals surface area contributed by atoms with Gasteiger partial charge in [0.05, 0.1) is 0 Å². The van der Waals surface area contributed by atoms with Gasteiger partial charge in [0, 0.05) is 21.2 Å². The molecule has 0 bridgehead atoms. The maximum Gasteiger partial charge on any atom is 0.303 e. The Labute approximate surface area is 83.4 Å². The SMILES string of the molecule is O=C(O)CCCc1cc(Br)cs1. The third kappa shape index (κ3) is 3.36. The molecule has 2 nitrogen and oxygen atoms in total. The summed E-state index contributed by atoms with van der Waals surface area (Å²) in [5, 5.41) is 10.4. The number of hydrogen-bond donors (Lipinski definition) is 1. The monoisotopic (exact) mass is 248 g/mol. The standard InChI is InChI=1S/C8H9BrO2S/c9-6-4-7(12-5-6)2-1-3-8(10)11/h4-5H,1-3H2,(H,10,11). The predicted octanol–water partition coefficient (Wildman–Crippen LogP) is 2.92. The molecular formula is C8H9BrO2S. The number of carboxylic acid groups (broad SMARTS) is 1. The van der Waals surface area contributed by atoms with Crippen LogP contribution in [0.2, 0.25) is 0 Å². The molecule has 1 aromatic heterocycles. The predicted molar refractivity (Wildman–Crippen MR) is 52.6 cm³/mol. The Balaban J connectivity index is 2.29. The van der Waals surface area contributed by atoms with E-state index in [4.69, 9.17) is 5.11 Å². The number of rotatable bonds is 4. The van der Waals surface area contributed by atoms with E-state index in [-0.39, 0.29) is 6.42 Å². The molecule has 1 heterocycles. The van der Waals surface area contributed by atoms with Gasteiger partial charge in [-0.25, -0.2) is 0 Å². The summed E-state index contributed by atoms with van der Waals surface area (Å²) in [5.74, 6) is -0.717. The first-order valence-electron chi connectivity index (χ1n) is 3.63. The number of hydrogen-bond acceptors (Lipinski definition) is 2. The maximum absolute atomic E-state index is 10.2. The lowest BCUT2D eigenvalue weighted by Crippen LogP contribution is -1.94. The van der Waals surface area contributed by atoms with Crippen LogP contribution in [0.3, 0.4) is 0 Å². The van der Waals surface area contributed by atoms with Crippen LogP contribution in [0.1, 0.15) is 17.7 Å². The van der Waals surface area contributed by atoms with Crippen molar-refractivity contribution in [1.29, 1.82) is 0 Å². The molecule has 0 aliphatic heterocycles. The lowest BCUT2D eigenvalue weighted by molar-refractivity contribution is -0.137. The van der Waals surface area contributed by atoms with Crippen LogP contribution < -0.4 is 0 Å². The van der Waals surface area contributed by atoms with E-state index < -0.39 is 5.97 Å². The molecule has 66 valence electrons. The molecule has 0 unspecified atom stereocenters. The topological polar surface area (TPSA) is 37.3 Å². The molecule has 0 aromatic carbocycles. The molecule has 0 aliphatic rings. The fourth-order valence-corrected chi connectivity index (χ4v) is 2.40. The second-order valence-corrected chi connectivity index (χ2v) is 4.39. The van der Waals surface area contributed by atoms with Gasteiger partial charge >= 0.3 is 5.97 Å². The highest BCUT2D eigenvalue weighted by Gasteiger charge is 2.00. The number of carbonyl (C=O) groups is 1. The maximum atomic E-state index is 10.2. The van der Waals surface area contributed by atoms with E-state index >= 15 is 0 Å². The van der Waals surface area contributed by atoms with Crippen LogP contribution in [0.5, 0.6) is 0 Å².